The summed E-state index contributed by atoms with van der Waals surface area (Å²) in [6.07, 6.45) is 2.66. The summed E-state index contributed by atoms with van der Waals surface area (Å²) < 4.78 is 0. The van der Waals surface area contributed by atoms with Crippen LogP contribution in [0.5, 0.6) is 0 Å². The van der Waals surface area contributed by atoms with Crippen molar-refractivity contribution in [2.24, 2.45) is 0 Å². The number of aromatic nitrogens is 1. The molecule has 6 heteroatoms. The summed E-state index contributed by atoms with van der Waals surface area (Å²) in [5.41, 5.74) is 5.82. The van der Waals surface area contributed by atoms with Crippen LogP contribution in [0.2, 0.25) is 5.02 Å². The molecule has 0 aliphatic rings. The van der Waals surface area contributed by atoms with Crippen LogP contribution in [0, 0.1) is 0 Å². The van der Waals surface area contributed by atoms with E-state index in [4.69, 9.17) is 22.4 Å². The molecule has 17 heavy (non-hydrogen) atoms. The second-order valence-electron chi connectivity index (χ2n) is 3.68. The number of hydrogen-bond acceptors (Lipinski definition) is 4. The zero-order chi connectivity index (χ0) is 12.8. The molecule has 1 heterocycles. The van der Waals surface area contributed by atoms with Crippen LogP contribution in [0.3, 0.4) is 0 Å². The molecule has 0 aliphatic heterocycles. The van der Waals surface area contributed by atoms with Crippen molar-refractivity contribution in [3.8, 4) is 0 Å². The van der Waals surface area contributed by atoms with Crippen molar-refractivity contribution >= 4 is 23.3 Å². The smallest absolute Gasteiger partial charge is 0.253 e. The number of nitrogens with one attached hydrogen (secondary N) is 1. The van der Waals surface area contributed by atoms with Gasteiger partial charge in [0.2, 0.25) is 0 Å². The van der Waals surface area contributed by atoms with Gasteiger partial charge in [0.25, 0.3) is 5.91 Å². The lowest BCUT2D eigenvalue weighted by atomic mass is 10.1. The molecule has 0 radical (unpaired) electrons. The first-order valence-electron chi connectivity index (χ1n) is 5.41. The standard InChI is InChI=1S/C11H16ClN3O2/c1-2-8(3-4-16)15-11(17)7-5-9(12)10(13)14-6-7/h5-6,8,16H,2-4H2,1H3,(H2,13,14)(H,15,17). The Bertz CT molecular complexity index is 398. The number of aliphatic hydroxyl groups is 1. The van der Waals surface area contributed by atoms with Crippen LogP contribution >= 0.6 is 11.6 Å². The molecule has 0 fully saturated rings. The Hall–Kier alpha value is -1.33. The summed E-state index contributed by atoms with van der Waals surface area (Å²) in [4.78, 5) is 15.6. The van der Waals surface area contributed by atoms with Gasteiger partial charge in [0.05, 0.1) is 10.6 Å². The minimum Gasteiger partial charge on any atom is -0.396 e. The third-order valence-corrected chi connectivity index (χ3v) is 2.74. The molecule has 4 N–H and O–H groups in total. The molecule has 0 saturated carbocycles. The molecule has 1 aromatic rings. The van der Waals surface area contributed by atoms with Gasteiger partial charge in [-0.1, -0.05) is 18.5 Å². The van der Waals surface area contributed by atoms with E-state index >= 15 is 0 Å². The molecule has 0 bridgehead atoms. The minimum atomic E-state index is -0.264. The van der Waals surface area contributed by atoms with Crippen LogP contribution in [-0.4, -0.2) is 28.6 Å². The minimum absolute atomic E-state index is 0.0412. The Morgan fingerprint density at radius 1 is 1.71 bits per heavy atom. The van der Waals surface area contributed by atoms with E-state index < -0.39 is 0 Å². The molecule has 1 amide bonds. The van der Waals surface area contributed by atoms with Gasteiger partial charge in [0.1, 0.15) is 5.82 Å². The lowest BCUT2D eigenvalue weighted by Crippen LogP contribution is -2.35. The Balaban J connectivity index is 2.72. The van der Waals surface area contributed by atoms with Crippen molar-refractivity contribution in [1.82, 2.24) is 10.3 Å². The molecule has 5 nitrogen and oxygen atoms in total. The monoisotopic (exact) mass is 257 g/mol. The first-order chi connectivity index (χ1) is 8.08. The van der Waals surface area contributed by atoms with Crippen LogP contribution < -0.4 is 11.1 Å². The zero-order valence-corrected chi connectivity index (χ0v) is 10.4. The molecule has 1 unspecified atom stereocenters. The number of aliphatic hydroxyl groups excluding tert-OH is 1. The van der Waals surface area contributed by atoms with Gasteiger partial charge >= 0.3 is 0 Å². The molecule has 94 valence electrons. The molecule has 0 aromatic carbocycles. The summed E-state index contributed by atoms with van der Waals surface area (Å²) in [5.74, 6) is -0.0645. The number of rotatable bonds is 5. The molecule has 1 atom stereocenters. The highest BCUT2D eigenvalue weighted by Crippen LogP contribution is 2.16. The van der Waals surface area contributed by atoms with Crippen LogP contribution in [0.25, 0.3) is 0 Å². The highest BCUT2D eigenvalue weighted by molar-refractivity contribution is 6.33. The zero-order valence-electron chi connectivity index (χ0n) is 9.61. The summed E-state index contributed by atoms with van der Waals surface area (Å²) in [5, 5.41) is 11.9. The van der Waals surface area contributed by atoms with E-state index in [0.717, 1.165) is 6.42 Å². The molecular formula is C11H16ClN3O2. The predicted molar refractivity (Wildman–Crippen MR) is 66.9 cm³/mol. The van der Waals surface area contributed by atoms with Gasteiger partial charge in [-0.05, 0) is 18.9 Å². The van der Waals surface area contributed by atoms with Crippen molar-refractivity contribution in [1.29, 1.82) is 0 Å². The second-order valence-corrected chi connectivity index (χ2v) is 4.09. The Morgan fingerprint density at radius 2 is 2.41 bits per heavy atom. The highest BCUT2D eigenvalue weighted by Gasteiger charge is 2.13. The van der Waals surface area contributed by atoms with E-state index in [9.17, 15) is 4.79 Å². The van der Waals surface area contributed by atoms with Crippen molar-refractivity contribution in [2.75, 3.05) is 12.3 Å². The third kappa shape index (κ3) is 3.87. The molecular weight excluding hydrogens is 242 g/mol. The van der Waals surface area contributed by atoms with Gasteiger partial charge in [0, 0.05) is 18.8 Å². The fourth-order valence-electron chi connectivity index (χ4n) is 1.38. The fraction of sp³-hybridized carbons (Fsp3) is 0.455. The number of hydrogen-bond donors (Lipinski definition) is 3. The summed E-state index contributed by atoms with van der Waals surface area (Å²) in [7, 11) is 0. The van der Waals surface area contributed by atoms with Crippen molar-refractivity contribution in [3.63, 3.8) is 0 Å². The van der Waals surface area contributed by atoms with Gasteiger partial charge in [-0.2, -0.15) is 0 Å². The number of nitrogens with two attached hydrogens (primary N) is 1. The second kappa shape index (κ2) is 6.42. The number of amides is 1. The number of pyridine rings is 1. The summed E-state index contributed by atoms with van der Waals surface area (Å²) >= 11 is 5.78. The maximum atomic E-state index is 11.8. The van der Waals surface area contributed by atoms with Crippen LogP contribution in [0.15, 0.2) is 12.3 Å². The Kier molecular flexibility index (Phi) is 5.18. The maximum Gasteiger partial charge on any atom is 0.253 e. The van der Waals surface area contributed by atoms with Gasteiger partial charge in [-0.15, -0.1) is 0 Å². The van der Waals surface area contributed by atoms with E-state index in [1.807, 2.05) is 6.92 Å². The summed E-state index contributed by atoms with van der Waals surface area (Å²) in [6, 6.07) is 1.43. The topological polar surface area (TPSA) is 88.2 Å². The van der Waals surface area contributed by atoms with E-state index in [2.05, 4.69) is 10.3 Å². The number of halogens is 1. The average molecular weight is 258 g/mol. The van der Waals surface area contributed by atoms with Crippen molar-refractivity contribution < 1.29 is 9.90 Å². The molecule has 0 spiro atoms. The van der Waals surface area contributed by atoms with E-state index in [-0.39, 0.29) is 29.4 Å². The predicted octanol–water partition coefficient (Wildman–Crippen LogP) is 1.21. The third-order valence-electron chi connectivity index (χ3n) is 2.44. The lowest BCUT2D eigenvalue weighted by Gasteiger charge is -2.15. The van der Waals surface area contributed by atoms with Gasteiger partial charge in [-0.3, -0.25) is 4.79 Å². The lowest BCUT2D eigenvalue weighted by molar-refractivity contribution is 0.0929. The molecule has 0 saturated heterocycles. The molecule has 0 aliphatic carbocycles. The first-order valence-corrected chi connectivity index (χ1v) is 5.79. The number of carbonyl (C=O) groups excluding carboxylic acids is 1. The van der Waals surface area contributed by atoms with Crippen molar-refractivity contribution in [3.05, 3.63) is 22.8 Å². The normalized spacial score (nSPS) is 12.2. The van der Waals surface area contributed by atoms with Crippen LogP contribution in [0.1, 0.15) is 30.1 Å². The van der Waals surface area contributed by atoms with E-state index in [1.165, 1.54) is 12.3 Å². The van der Waals surface area contributed by atoms with Crippen molar-refractivity contribution in [2.45, 2.75) is 25.8 Å². The number of nitrogens with zero attached hydrogens (tertiary/aromatic N) is 1. The largest absolute Gasteiger partial charge is 0.396 e. The quantitative estimate of drug-likeness (QED) is 0.740. The van der Waals surface area contributed by atoms with E-state index in [1.54, 1.807) is 0 Å². The summed E-state index contributed by atoms with van der Waals surface area (Å²) in [6.45, 7) is 1.98. The van der Waals surface area contributed by atoms with Gasteiger partial charge in [-0.25, -0.2) is 4.98 Å². The SMILES string of the molecule is CCC(CCO)NC(=O)c1cnc(N)c(Cl)c1. The number of anilines is 1. The number of carbonyl (C=O) groups is 1. The van der Waals surface area contributed by atoms with Crippen LogP contribution in [0.4, 0.5) is 5.82 Å². The average Bonchev–Trinajstić information content (AvgIpc) is 2.31. The Morgan fingerprint density at radius 3 is 2.94 bits per heavy atom. The van der Waals surface area contributed by atoms with Gasteiger partial charge < -0.3 is 16.2 Å². The highest BCUT2D eigenvalue weighted by atomic mass is 35.5. The first kappa shape index (κ1) is 13.7. The number of nitrogen functional groups attached to an aromatic ring is 1. The Labute approximate surface area is 105 Å². The molecule has 1 aromatic heterocycles. The van der Waals surface area contributed by atoms with E-state index in [0.29, 0.717) is 12.0 Å². The van der Waals surface area contributed by atoms with Gasteiger partial charge in [0.15, 0.2) is 0 Å². The maximum absolute atomic E-state index is 11.8. The van der Waals surface area contributed by atoms with Crippen LogP contribution in [-0.2, 0) is 0 Å². The fourth-order valence-corrected chi connectivity index (χ4v) is 1.54. The molecule has 1 rings (SSSR count).